The molecule has 1 amide bonds. The SMILES string of the molecule is O=C(O)CCC1CCCCN1C(=O)c1ccc(Oc2ccccc2)nc1. The maximum absolute atomic E-state index is 12.8. The minimum atomic E-state index is -0.827. The van der Waals surface area contributed by atoms with Gasteiger partial charge >= 0.3 is 5.97 Å². The average Bonchev–Trinajstić information content (AvgIpc) is 2.67. The summed E-state index contributed by atoms with van der Waals surface area (Å²) < 4.78 is 5.64. The van der Waals surface area contributed by atoms with E-state index in [1.807, 2.05) is 30.3 Å². The Bertz CT molecular complexity index is 746. The number of piperidine rings is 1. The Labute approximate surface area is 152 Å². The third-order valence-corrected chi connectivity index (χ3v) is 4.53. The van der Waals surface area contributed by atoms with Gasteiger partial charge in [0.2, 0.25) is 5.88 Å². The van der Waals surface area contributed by atoms with E-state index in [0.717, 1.165) is 19.3 Å². The Morgan fingerprint density at radius 2 is 1.96 bits per heavy atom. The molecule has 2 heterocycles. The molecule has 1 unspecified atom stereocenters. The van der Waals surface area contributed by atoms with Crippen molar-refractivity contribution in [3.8, 4) is 11.6 Å². The number of rotatable bonds is 6. The van der Waals surface area contributed by atoms with Crippen LogP contribution >= 0.6 is 0 Å². The molecule has 1 fully saturated rings. The lowest BCUT2D eigenvalue weighted by molar-refractivity contribution is -0.137. The summed E-state index contributed by atoms with van der Waals surface area (Å²) >= 11 is 0. The van der Waals surface area contributed by atoms with Gasteiger partial charge in [-0.3, -0.25) is 9.59 Å². The van der Waals surface area contributed by atoms with Gasteiger partial charge in [0.15, 0.2) is 0 Å². The summed E-state index contributed by atoms with van der Waals surface area (Å²) in [5, 5.41) is 8.91. The fraction of sp³-hybridized carbons (Fsp3) is 0.350. The van der Waals surface area contributed by atoms with Crippen LogP contribution in [-0.2, 0) is 4.79 Å². The van der Waals surface area contributed by atoms with Gasteiger partial charge in [-0.1, -0.05) is 18.2 Å². The van der Waals surface area contributed by atoms with E-state index in [1.54, 1.807) is 17.0 Å². The molecule has 1 atom stereocenters. The van der Waals surface area contributed by atoms with E-state index in [1.165, 1.54) is 6.20 Å². The molecule has 0 radical (unpaired) electrons. The molecule has 0 bridgehead atoms. The lowest BCUT2D eigenvalue weighted by Crippen LogP contribution is -2.44. The van der Waals surface area contributed by atoms with Gasteiger partial charge < -0.3 is 14.7 Å². The van der Waals surface area contributed by atoms with Gasteiger partial charge in [0.25, 0.3) is 5.91 Å². The molecule has 1 aromatic carbocycles. The van der Waals surface area contributed by atoms with Crippen molar-refractivity contribution in [3.05, 3.63) is 54.2 Å². The van der Waals surface area contributed by atoms with E-state index >= 15 is 0 Å². The first-order chi connectivity index (χ1) is 12.6. The smallest absolute Gasteiger partial charge is 0.303 e. The average molecular weight is 354 g/mol. The van der Waals surface area contributed by atoms with Crippen LogP contribution in [0, 0.1) is 0 Å². The predicted molar refractivity (Wildman–Crippen MR) is 96.3 cm³/mol. The molecule has 0 saturated carbocycles. The molecule has 136 valence electrons. The fourth-order valence-corrected chi connectivity index (χ4v) is 3.20. The number of carbonyl (C=O) groups excluding carboxylic acids is 1. The van der Waals surface area contributed by atoms with Crippen LogP contribution in [0.4, 0.5) is 0 Å². The summed E-state index contributed by atoms with van der Waals surface area (Å²) in [5.74, 6) is 0.184. The number of carboxylic acid groups (broad SMARTS) is 1. The summed E-state index contributed by atoms with van der Waals surface area (Å²) in [5.41, 5.74) is 0.493. The van der Waals surface area contributed by atoms with Crippen LogP contribution in [0.1, 0.15) is 42.5 Å². The molecular formula is C20H22N2O4. The number of aliphatic carboxylic acids is 1. The number of ether oxygens (including phenoxy) is 1. The third kappa shape index (κ3) is 4.59. The number of benzene rings is 1. The summed E-state index contributed by atoms with van der Waals surface area (Å²) in [4.78, 5) is 29.7. The molecule has 1 aliphatic heterocycles. The van der Waals surface area contributed by atoms with Crippen molar-refractivity contribution < 1.29 is 19.4 Å². The lowest BCUT2D eigenvalue weighted by Gasteiger charge is -2.35. The molecule has 1 saturated heterocycles. The van der Waals surface area contributed by atoms with Gasteiger partial charge in [0.1, 0.15) is 5.75 Å². The van der Waals surface area contributed by atoms with Crippen LogP contribution in [-0.4, -0.2) is 39.5 Å². The molecule has 1 aromatic heterocycles. The van der Waals surface area contributed by atoms with E-state index in [2.05, 4.69) is 4.98 Å². The number of carboxylic acids is 1. The number of aromatic nitrogens is 1. The minimum absolute atomic E-state index is 0.0207. The lowest BCUT2D eigenvalue weighted by atomic mass is 9.97. The molecule has 0 spiro atoms. The van der Waals surface area contributed by atoms with E-state index in [-0.39, 0.29) is 18.4 Å². The van der Waals surface area contributed by atoms with Crippen molar-refractivity contribution in [2.45, 2.75) is 38.1 Å². The van der Waals surface area contributed by atoms with Crippen molar-refractivity contribution in [2.24, 2.45) is 0 Å². The van der Waals surface area contributed by atoms with Crippen molar-refractivity contribution in [1.82, 2.24) is 9.88 Å². The summed E-state index contributed by atoms with van der Waals surface area (Å²) in [6.45, 7) is 0.658. The van der Waals surface area contributed by atoms with Crippen molar-refractivity contribution >= 4 is 11.9 Å². The molecule has 3 rings (SSSR count). The molecule has 6 heteroatoms. The van der Waals surface area contributed by atoms with Gasteiger partial charge in [-0.05, 0) is 43.9 Å². The van der Waals surface area contributed by atoms with E-state index in [4.69, 9.17) is 9.84 Å². The quantitative estimate of drug-likeness (QED) is 0.855. The second-order valence-corrected chi connectivity index (χ2v) is 6.38. The monoisotopic (exact) mass is 354 g/mol. The summed E-state index contributed by atoms with van der Waals surface area (Å²) in [6, 6.07) is 12.7. The number of hydrogen-bond donors (Lipinski definition) is 1. The number of hydrogen-bond acceptors (Lipinski definition) is 4. The zero-order chi connectivity index (χ0) is 18.4. The molecule has 1 aliphatic rings. The normalized spacial score (nSPS) is 16.9. The number of para-hydroxylation sites is 1. The van der Waals surface area contributed by atoms with Gasteiger partial charge in [-0.2, -0.15) is 0 Å². The highest BCUT2D eigenvalue weighted by Crippen LogP contribution is 2.24. The largest absolute Gasteiger partial charge is 0.481 e. The van der Waals surface area contributed by atoms with Crippen LogP contribution in [0.25, 0.3) is 0 Å². The number of pyridine rings is 1. The van der Waals surface area contributed by atoms with Gasteiger partial charge in [-0.15, -0.1) is 0 Å². The van der Waals surface area contributed by atoms with Gasteiger partial charge in [0.05, 0.1) is 5.56 Å². The van der Waals surface area contributed by atoms with E-state index < -0.39 is 5.97 Å². The summed E-state index contributed by atoms with van der Waals surface area (Å²) in [6.07, 6.45) is 4.90. The van der Waals surface area contributed by atoms with Crippen molar-refractivity contribution in [3.63, 3.8) is 0 Å². The van der Waals surface area contributed by atoms with Crippen LogP contribution in [0.3, 0.4) is 0 Å². The van der Waals surface area contributed by atoms with Crippen molar-refractivity contribution in [2.75, 3.05) is 6.54 Å². The van der Waals surface area contributed by atoms with Crippen LogP contribution < -0.4 is 4.74 Å². The molecular weight excluding hydrogens is 332 g/mol. The van der Waals surface area contributed by atoms with E-state index in [9.17, 15) is 9.59 Å². The van der Waals surface area contributed by atoms with Crippen LogP contribution in [0.5, 0.6) is 11.6 Å². The van der Waals surface area contributed by atoms with Crippen LogP contribution in [0.2, 0.25) is 0 Å². The topological polar surface area (TPSA) is 79.7 Å². The number of amides is 1. The highest BCUT2D eigenvalue weighted by atomic mass is 16.5. The first kappa shape index (κ1) is 17.9. The third-order valence-electron chi connectivity index (χ3n) is 4.53. The Morgan fingerprint density at radius 1 is 1.15 bits per heavy atom. The maximum atomic E-state index is 12.8. The van der Waals surface area contributed by atoms with Crippen LogP contribution in [0.15, 0.2) is 48.7 Å². The number of nitrogens with zero attached hydrogens (tertiary/aromatic N) is 2. The molecule has 6 nitrogen and oxygen atoms in total. The Hall–Kier alpha value is -2.89. The van der Waals surface area contributed by atoms with Gasteiger partial charge in [0, 0.05) is 31.3 Å². The molecule has 26 heavy (non-hydrogen) atoms. The Kier molecular flexibility index (Phi) is 5.84. The zero-order valence-electron chi connectivity index (χ0n) is 14.5. The minimum Gasteiger partial charge on any atom is -0.481 e. The Balaban J connectivity index is 1.67. The second-order valence-electron chi connectivity index (χ2n) is 6.38. The van der Waals surface area contributed by atoms with Crippen molar-refractivity contribution in [1.29, 1.82) is 0 Å². The van der Waals surface area contributed by atoms with E-state index in [0.29, 0.717) is 30.2 Å². The molecule has 0 aliphatic carbocycles. The predicted octanol–water partition coefficient (Wildman–Crippen LogP) is 3.73. The second kappa shape index (κ2) is 8.47. The molecule has 1 N–H and O–H groups in total. The van der Waals surface area contributed by atoms with Gasteiger partial charge in [-0.25, -0.2) is 4.98 Å². The zero-order valence-corrected chi connectivity index (χ0v) is 14.5. The fourth-order valence-electron chi connectivity index (χ4n) is 3.20. The molecule has 2 aromatic rings. The maximum Gasteiger partial charge on any atom is 0.303 e. The standard InChI is InChI=1S/C20H22N2O4/c23-19(24)12-10-16-6-4-5-13-22(16)20(25)15-9-11-18(21-14-15)26-17-7-2-1-3-8-17/h1-3,7-9,11,14,16H,4-6,10,12-13H2,(H,23,24). The highest BCUT2D eigenvalue weighted by Gasteiger charge is 2.28. The number of likely N-dealkylation sites (tertiary alicyclic amines) is 1. The highest BCUT2D eigenvalue weighted by molar-refractivity contribution is 5.94. The summed E-state index contributed by atoms with van der Waals surface area (Å²) in [7, 11) is 0. The Morgan fingerprint density at radius 3 is 2.65 bits per heavy atom. The number of carbonyl (C=O) groups is 2. The first-order valence-electron chi connectivity index (χ1n) is 8.85. The first-order valence-corrected chi connectivity index (χ1v) is 8.85.